The molecule has 2 aliphatic heterocycles. The Bertz CT molecular complexity index is 841. The molecule has 0 bridgehead atoms. The molecule has 2 aromatic carbocycles. The third kappa shape index (κ3) is 2.83. The van der Waals surface area contributed by atoms with Gasteiger partial charge in [0.05, 0.1) is 18.8 Å². The Morgan fingerprint density at radius 2 is 1.83 bits per heavy atom. The smallest absolute Gasteiger partial charge is 0.173 e. The van der Waals surface area contributed by atoms with Gasteiger partial charge in [0.25, 0.3) is 0 Å². The van der Waals surface area contributed by atoms with E-state index in [-0.39, 0.29) is 6.04 Å². The van der Waals surface area contributed by atoms with E-state index in [9.17, 15) is 0 Å². The summed E-state index contributed by atoms with van der Waals surface area (Å²) in [6.45, 7) is 0. The standard InChI is InChI=1S/C19H15ClN2OS/c1-23-16-8-4-14(5-9-16)18-12-17(13-2-6-15(20)7-3-13)21-19-22(18)10-11-24-19/h2-12,18H,1H3. The summed E-state index contributed by atoms with van der Waals surface area (Å²) < 4.78 is 5.26. The quantitative estimate of drug-likeness (QED) is 0.745. The lowest BCUT2D eigenvalue weighted by Gasteiger charge is -2.30. The highest BCUT2D eigenvalue weighted by molar-refractivity contribution is 8.16. The molecule has 2 aromatic rings. The Kier molecular flexibility index (Phi) is 4.08. The van der Waals surface area contributed by atoms with Crippen LogP contribution in [-0.2, 0) is 0 Å². The van der Waals surface area contributed by atoms with E-state index < -0.39 is 0 Å². The molecule has 3 nitrogen and oxygen atoms in total. The molecule has 4 rings (SSSR count). The molecule has 5 heteroatoms. The minimum atomic E-state index is 0.111. The van der Waals surface area contributed by atoms with Crippen molar-refractivity contribution in [2.24, 2.45) is 4.99 Å². The Labute approximate surface area is 150 Å². The average molecular weight is 355 g/mol. The topological polar surface area (TPSA) is 24.8 Å². The monoisotopic (exact) mass is 354 g/mol. The number of nitrogens with zero attached hydrogens (tertiary/aromatic N) is 2. The summed E-state index contributed by atoms with van der Waals surface area (Å²) >= 11 is 7.64. The Morgan fingerprint density at radius 3 is 2.54 bits per heavy atom. The Hall–Kier alpha value is -2.17. The van der Waals surface area contributed by atoms with E-state index in [0.29, 0.717) is 0 Å². The molecule has 1 unspecified atom stereocenters. The molecule has 0 aromatic heterocycles. The zero-order chi connectivity index (χ0) is 16.5. The van der Waals surface area contributed by atoms with Gasteiger partial charge in [-0.2, -0.15) is 0 Å². The van der Waals surface area contributed by atoms with Crippen LogP contribution >= 0.6 is 23.4 Å². The minimum Gasteiger partial charge on any atom is -0.497 e. The summed E-state index contributed by atoms with van der Waals surface area (Å²) in [5, 5.41) is 3.78. The summed E-state index contributed by atoms with van der Waals surface area (Å²) in [5.41, 5.74) is 3.23. The second-order valence-electron chi connectivity index (χ2n) is 5.48. The van der Waals surface area contributed by atoms with Crippen LogP contribution in [0.5, 0.6) is 5.75 Å². The van der Waals surface area contributed by atoms with Crippen LogP contribution in [0.4, 0.5) is 0 Å². The molecule has 24 heavy (non-hydrogen) atoms. The van der Waals surface area contributed by atoms with Gasteiger partial charge in [-0.25, -0.2) is 4.99 Å². The van der Waals surface area contributed by atoms with Gasteiger partial charge in [-0.05, 0) is 41.3 Å². The van der Waals surface area contributed by atoms with Gasteiger partial charge in [0.15, 0.2) is 5.17 Å². The molecule has 0 N–H and O–H groups in total. The van der Waals surface area contributed by atoms with Crippen molar-refractivity contribution in [3.63, 3.8) is 0 Å². The van der Waals surface area contributed by atoms with Crippen LogP contribution in [0.2, 0.25) is 5.02 Å². The molecule has 2 aliphatic rings. The van der Waals surface area contributed by atoms with Crippen LogP contribution in [0.25, 0.3) is 5.70 Å². The Balaban J connectivity index is 1.74. The van der Waals surface area contributed by atoms with E-state index >= 15 is 0 Å². The predicted octanol–water partition coefficient (Wildman–Crippen LogP) is 5.32. The number of hydrogen-bond donors (Lipinski definition) is 0. The van der Waals surface area contributed by atoms with Crippen molar-refractivity contribution in [3.05, 3.63) is 82.4 Å². The second-order valence-corrected chi connectivity index (χ2v) is 6.79. The molecular weight excluding hydrogens is 340 g/mol. The van der Waals surface area contributed by atoms with E-state index in [1.807, 2.05) is 36.4 Å². The van der Waals surface area contributed by atoms with Crippen molar-refractivity contribution in [1.82, 2.24) is 4.90 Å². The van der Waals surface area contributed by atoms with Gasteiger partial charge in [0.1, 0.15) is 5.75 Å². The molecule has 1 atom stereocenters. The second kappa shape index (κ2) is 6.38. The first-order valence-electron chi connectivity index (χ1n) is 7.57. The molecule has 0 spiro atoms. The largest absolute Gasteiger partial charge is 0.497 e. The van der Waals surface area contributed by atoms with E-state index in [1.165, 1.54) is 5.56 Å². The van der Waals surface area contributed by atoms with Gasteiger partial charge in [-0.1, -0.05) is 47.6 Å². The zero-order valence-corrected chi connectivity index (χ0v) is 14.6. The summed E-state index contributed by atoms with van der Waals surface area (Å²) in [5.74, 6) is 0.858. The maximum Gasteiger partial charge on any atom is 0.173 e. The summed E-state index contributed by atoms with van der Waals surface area (Å²) in [6.07, 6.45) is 4.26. The van der Waals surface area contributed by atoms with Crippen LogP contribution in [0, 0.1) is 0 Å². The molecule has 0 fully saturated rings. The lowest BCUT2D eigenvalue weighted by atomic mass is 10.0. The van der Waals surface area contributed by atoms with Gasteiger partial charge < -0.3 is 9.64 Å². The number of ether oxygens (including phenoxy) is 1. The van der Waals surface area contributed by atoms with Crippen molar-refractivity contribution in [1.29, 1.82) is 0 Å². The molecule has 0 saturated heterocycles. The molecule has 0 aliphatic carbocycles. The lowest BCUT2D eigenvalue weighted by Crippen LogP contribution is -2.27. The molecule has 0 radical (unpaired) electrons. The SMILES string of the molecule is COc1ccc(C2C=C(c3ccc(Cl)cc3)N=C3SC=CN32)cc1. The van der Waals surface area contributed by atoms with Crippen molar-refractivity contribution >= 4 is 34.2 Å². The van der Waals surface area contributed by atoms with Crippen LogP contribution in [0.1, 0.15) is 17.2 Å². The number of rotatable bonds is 3. The predicted molar refractivity (Wildman–Crippen MR) is 101 cm³/mol. The van der Waals surface area contributed by atoms with E-state index in [2.05, 4.69) is 34.7 Å². The van der Waals surface area contributed by atoms with Crippen molar-refractivity contribution in [2.45, 2.75) is 6.04 Å². The minimum absolute atomic E-state index is 0.111. The van der Waals surface area contributed by atoms with Crippen molar-refractivity contribution in [2.75, 3.05) is 7.11 Å². The lowest BCUT2D eigenvalue weighted by molar-refractivity contribution is 0.414. The number of aliphatic imine (C=N–C) groups is 1. The summed E-state index contributed by atoms with van der Waals surface area (Å²) in [6, 6.07) is 16.1. The van der Waals surface area contributed by atoms with Gasteiger partial charge in [-0.15, -0.1) is 0 Å². The third-order valence-electron chi connectivity index (χ3n) is 4.04. The number of hydrogen-bond acceptors (Lipinski definition) is 4. The van der Waals surface area contributed by atoms with Crippen LogP contribution < -0.4 is 4.74 Å². The first kappa shape index (κ1) is 15.4. The van der Waals surface area contributed by atoms with E-state index in [1.54, 1.807) is 18.9 Å². The maximum absolute atomic E-state index is 6.00. The number of benzene rings is 2. The molecule has 2 heterocycles. The zero-order valence-electron chi connectivity index (χ0n) is 13.0. The molecular formula is C19H15ClN2OS. The highest BCUT2D eigenvalue weighted by atomic mass is 35.5. The van der Waals surface area contributed by atoms with Crippen molar-refractivity contribution < 1.29 is 4.74 Å². The number of thioether (sulfide) groups is 1. The van der Waals surface area contributed by atoms with Crippen LogP contribution in [0.15, 0.2) is 71.2 Å². The first-order chi connectivity index (χ1) is 11.7. The number of fused-ring (bicyclic) bond motifs is 1. The molecule has 0 amide bonds. The van der Waals surface area contributed by atoms with Gasteiger partial charge in [-0.3, -0.25) is 0 Å². The van der Waals surface area contributed by atoms with Gasteiger partial charge in [0.2, 0.25) is 0 Å². The number of amidine groups is 1. The first-order valence-corrected chi connectivity index (χ1v) is 8.82. The van der Waals surface area contributed by atoms with Crippen LogP contribution in [-0.4, -0.2) is 17.2 Å². The maximum atomic E-state index is 6.00. The number of halogens is 1. The van der Waals surface area contributed by atoms with Crippen molar-refractivity contribution in [3.8, 4) is 5.75 Å². The average Bonchev–Trinajstić information content (AvgIpc) is 3.10. The van der Waals surface area contributed by atoms with Crippen LogP contribution in [0.3, 0.4) is 0 Å². The fraction of sp³-hybridized carbons (Fsp3) is 0.105. The van der Waals surface area contributed by atoms with Gasteiger partial charge in [0, 0.05) is 16.8 Å². The normalized spacial score (nSPS) is 18.9. The fourth-order valence-electron chi connectivity index (χ4n) is 2.79. The van der Waals surface area contributed by atoms with E-state index in [4.69, 9.17) is 21.3 Å². The molecule has 0 saturated carbocycles. The highest BCUT2D eigenvalue weighted by Gasteiger charge is 2.28. The summed E-state index contributed by atoms with van der Waals surface area (Å²) in [4.78, 5) is 6.98. The number of methoxy groups -OCH3 is 1. The van der Waals surface area contributed by atoms with E-state index in [0.717, 1.165) is 27.2 Å². The van der Waals surface area contributed by atoms with Gasteiger partial charge >= 0.3 is 0 Å². The summed E-state index contributed by atoms with van der Waals surface area (Å²) in [7, 11) is 1.68. The fourth-order valence-corrected chi connectivity index (χ4v) is 3.67. The molecule has 120 valence electrons. The Morgan fingerprint density at radius 1 is 1.08 bits per heavy atom. The third-order valence-corrected chi connectivity index (χ3v) is 5.07. The highest BCUT2D eigenvalue weighted by Crippen LogP contribution is 2.38.